The highest BCUT2D eigenvalue weighted by Gasteiger charge is 2.29. The maximum atomic E-state index is 12.3. The van der Waals surface area contributed by atoms with E-state index in [4.69, 9.17) is 9.84 Å². The molecule has 2 amide bonds. The third-order valence-electron chi connectivity index (χ3n) is 5.36. The number of carboxylic acid groups (broad SMARTS) is 1. The van der Waals surface area contributed by atoms with Gasteiger partial charge in [0, 0.05) is 26.1 Å². The van der Waals surface area contributed by atoms with Gasteiger partial charge in [0.2, 0.25) is 5.91 Å². The van der Waals surface area contributed by atoms with Crippen LogP contribution in [0.25, 0.3) is 11.1 Å². The Kier molecular flexibility index (Phi) is 6.72. The average molecular weight is 410 g/mol. The van der Waals surface area contributed by atoms with E-state index in [2.05, 4.69) is 29.6 Å². The molecule has 0 bridgehead atoms. The second-order valence-corrected chi connectivity index (χ2v) is 7.51. The number of fused-ring (bicyclic) bond motifs is 3. The number of rotatable bonds is 8. The fraction of sp³-hybridized carbons (Fsp3) is 0.348. The van der Waals surface area contributed by atoms with E-state index in [0.29, 0.717) is 0 Å². The van der Waals surface area contributed by atoms with Gasteiger partial charge < -0.3 is 20.1 Å². The van der Waals surface area contributed by atoms with Gasteiger partial charge in [0.05, 0.1) is 12.3 Å². The van der Waals surface area contributed by atoms with Crippen LogP contribution in [0.1, 0.15) is 30.4 Å². The topological polar surface area (TPSA) is 95.9 Å². The van der Waals surface area contributed by atoms with Crippen molar-refractivity contribution >= 4 is 18.0 Å². The number of carbonyl (C=O) groups is 3. The van der Waals surface area contributed by atoms with Gasteiger partial charge in [-0.3, -0.25) is 9.59 Å². The first-order valence-electron chi connectivity index (χ1n) is 9.94. The Morgan fingerprint density at radius 1 is 1.07 bits per heavy atom. The lowest BCUT2D eigenvalue weighted by molar-refractivity contribution is -0.138. The second kappa shape index (κ2) is 9.43. The van der Waals surface area contributed by atoms with Gasteiger partial charge in [-0.1, -0.05) is 55.5 Å². The zero-order valence-electron chi connectivity index (χ0n) is 17.1. The monoisotopic (exact) mass is 410 g/mol. The molecule has 0 heterocycles. The van der Waals surface area contributed by atoms with Gasteiger partial charge in [0.25, 0.3) is 0 Å². The summed E-state index contributed by atoms with van der Waals surface area (Å²) in [5.41, 5.74) is 4.58. The minimum Gasteiger partial charge on any atom is -0.481 e. The molecule has 0 saturated heterocycles. The van der Waals surface area contributed by atoms with E-state index in [1.165, 1.54) is 4.90 Å². The minimum atomic E-state index is -0.959. The number of carboxylic acids is 1. The summed E-state index contributed by atoms with van der Waals surface area (Å²) >= 11 is 0. The molecule has 2 aromatic carbocycles. The molecular formula is C23H26N2O5. The molecule has 7 nitrogen and oxygen atoms in total. The van der Waals surface area contributed by atoms with Crippen LogP contribution in [0.3, 0.4) is 0 Å². The first-order chi connectivity index (χ1) is 14.4. The Hall–Kier alpha value is -3.35. The molecular weight excluding hydrogens is 384 g/mol. The number of nitrogens with zero attached hydrogens (tertiary/aromatic N) is 1. The van der Waals surface area contributed by atoms with E-state index in [1.54, 1.807) is 14.0 Å². The van der Waals surface area contributed by atoms with Crippen molar-refractivity contribution in [1.29, 1.82) is 0 Å². The predicted molar refractivity (Wildman–Crippen MR) is 112 cm³/mol. The Labute approximate surface area is 175 Å². The molecule has 0 aromatic heterocycles. The van der Waals surface area contributed by atoms with Gasteiger partial charge in [-0.05, 0) is 22.3 Å². The zero-order valence-corrected chi connectivity index (χ0v) is 17.1. The van der Waals surface area contributed by atoms with Crippen molar-refractivity contribution in [2.24, 2.45) is 5.92 Å². The van der Waals surface area contributed by atoms with Crippen LogP contribution in [-0.4, -0.2) is 54.7 Å². The van der Waals surface area contributed by atoms with Gasteiger partial charge >= 0.3 is 12.1 Å². The van der Waals surface area contributed by atoms with Crippen LogP contribution in [-0.2, 0) is 14.3 Å². The summed E-state index contributed by atoms with van der Waals surface area (Å²) in [6.07, 6.45) is -0.695. The Balaban J connectivity index is 1.52. The van der Waals surface area contributed by atoms with E-state index in [1.807, 2.05) is 24.3 Å². The lowest BCUT2D eigenvalue weighted by atomic mass is 9.98. The first-order valence-corrected chi connectivity index (χ1v) is 9.94. The molecule has 1 aliphatic carbocycles. The number of nitrogens with one attached hydrogen (secondary N) is 1. The van der Waals surface area contributed by atoms with Gasteiger partial charge in [0.1, 0.15) is 6.61 Å². The van der Waals surface area contributed by atoms with Crippen molar-refractivity contribution in [2.75, 3.05) is 26.7 Å². The zero-order chi connectivity index (χ0) is 21.7. The quantitative estimate of drug-likeness (QED) is 0.697. The third-order valence-corrected chi connectivity index (χ3v) is 5.36. The standard InChI is InChI=1S/C23H26N2O5/c1-15(22(28)25(2)12-11-21(26)27)13-24-23(29)30-14-20-18-9-5-3-7-16(18)17-8-4-6-10-19(17)20/h3-10,15,20H,11-14H2,1-2H3,(H,24,29)(H,26,27)/t15-/m0/s1. The smallest absolute Gasteiger partial charge is 0.407 e. The van der Waals surface area contributed by atoms with Crippen molar-refractivity contribution in [3.05, 3.63) is 59.7 Å². The van der Waals surface area contributed by atoms with Crippen LogP contribution in [0.15, 0.2) is 48.5 Å². The normalized spacial score (nSPS) is 13.1. The molecule has 2 aromatic rings. The van der Waals surface area contributed by atoms with Gasteiger partial charge in [-0.2, -0.15) is 0 Å². The summed E-state index contributed by atoms with van der Waals surface area (Å²) in [6.45, 7) is 2.14. The average Bonchev–Trinajstić information content (AvgIpc) is 3.07. The third kappa shape index (κ3) is 4.79. The molecule has 2 N–H and O–H groups in total. The van der Waals surface area contributed by atoms with Crippen LogP contribution in [0.5, 0.6) is 0 Å². The summed E-state index contributed by atoms with van der Waals surface area (Å²) in [5, 5.41) is 11.3. The molecule has 0 aliphatic heterocycles. The number of amides is 2. The summed E-state index contributed by atoms with van der Waals surface area (Å²) in [4.78, 5) is 36.4. The molecule has 3 rings (SSSR count). The predicted octanol–water partition coefficient (Wildman–Crippen LogP) is 3.09. The number of alkyl carbamates (subject to hydrolysis) is 1. The van der Waals surface area contributed by atoms with Crippen molar-refractivity contribution in [1.82, 2.24) is 10.2 Å². The SMILES string of the molecule is C[C@@H](CNC(=O)OCC1c2ccccc2-c2ccccc21)C(=O)N(C)CCC(=O)O. The molecule has 1 aliphatic rings. The number of hydrogen-bond donors (Lipinski definition) is 2. The van der Waals surface area contributed by atoms with E-state index in [-0.39, 0.29) is 37.9 Å². The van der Waals surface area contributed by atoms with Crippen LogP contribution in [0.2, 0.25) is 0 Å². The summed E-state index contributed by atoms with van der Waals surface area (Å²) in [5.74, 6) is -1.69. The summed E-state index contributed by atoms with van der Waals surface area (Å²) in [6, 6.07) is 16.2. The van der Waals surface area contributed by atoms with Crippen molar-refractivity contribution in [3.63, 3.8) is 0 Å². The largest absolute Gasteiger partial charge is 0.481 e. The molecule has 0 fully saturated rings. The molecule has 0 unspecified atom stereocenters. The van der Waals surface area contributed by atoms with Gasteiger partial charge in [-0.25, -0.2) is 4.79 Å². The van der Waals surface area contributed by atoms with Crippen LogP contribution >= 0.6 is 0 Å². The molecule has 30 heavy (non-hydrogen) atoms. The maximum Gasteiger partial charge on any atom is 0.407 e. The van der Waals surface area contributed by atoms with E-state index >= 15 is 0 Å². The lowest BCUT2D eigenvalue weighted by Crippen LogP contribution is -2.39. The number of benzene rings is 2. The Morgan fingerprint density at radius 3 is 2.20 bits per heavy atom. The van der Waals surface area contributed by atoms with Crippen molar-refractivity contribution in [2.45, 2.75) is 19.3 Å². The molecule has 0 spiro atoms. The van der Waals surface area contributed by atoms with E-state index in [0.717, 1.165) is 22.3 Å². The van der Waals surface area contributed by atoms with Gasteiger partial charge in [-0.15, -0.1) is 0 Å². The van der Waals surface area contributed by atoms with Crippen LogP contribution in [0.4, 0.5) is 4.79 Å². The maximum absolute atomic E-state index is 12.3. The lowest BCUT2D eigenvalue weighted by Gasteiger charge is -2.21. The minimum absolute atomic E-state index is 0.0237. The van der Waals surface area contributed by atoms with Gasteiger partial charge in [0.15, 0.2) is 0 Å². The molecule has 1 atom stereocenters. The number of ether oxygens (including phenoxy) is 1. The fourth-order valence-electron chi connectivity index (χ4n) is 3.72. The second-order valence-electron chi connectivity index (χ2n) is 7.51. The molecule has 0 saturated carbocycles. The number of carbonyl (C=O) groups excluding carboxylic acids is 2. The number of hydrogen-bond acceptors (Lipinski definition) is 4. The summed E-state index contributed by atoms with van der Waals surface area (Å²) < 4.78 is 5.46. The highest BCUT2D eigenvalue weighted by atomic mass is 16.5. The molecule has 0 radical (unpaired) electrons. The van der Waals surface area contributed by atoms with Crippen LogP contribution in [0, 0.1) is 5.92 Å². The van der Waals surface area contributed by atoms with E-state index in [9.17, 15) is 14.4 Å². The highest BCUT2D eigenvalue weighted by Crippen LogP contribution is 2.44. The Morgan fingerprint density at radius 2 is 1.63 bits per heavy atom. The fourth-order valence-corrected chi connectivity index (χ4v) is 3.72. The first kappa shape index (κ1) is 21.4. The van der Waals surface area contributed by atoms with Crippen molar-refractivity contribution < 1.29 is 24.2 Å². The number of aliphatic carboxylic acids is 1. The molecule has 7 heteroatoms. The summed E-state index contributed by atoms with van der Waals surface area (Å²) in [7, 11) is 1.55. The highest BCUT2D eigenvalue weighted by molar-refractivity contribution is 5.80. The Bertz CT molecular complexity index is 897. The molecule has 158 valence electrons. The van der Waals surface area contributed by atoms with Crippen molar-refractivity contribution in [3.8, 4) is 11.1 Å². The van der Waals surface area contributed by atoms with E-state index < -0.39 is 18.0 Å². The van der Waals surface area contributed by atoms with Crippen LogP contribution < -0.4 is 5.32 Å².